The molecule has 0 unspecified atom stereocenters. The van der Waals surface area contributed by atoms with Crippen molar-refractivity contribution >= 4 is 12.1 Å². The molecular formula is C15H21NO5. The van der Waals surface area contributed by atoms with Crippen molar-refractivity contribution in [1.29, 1.82) is 0 Å². The monoisotopic (exact) mass is 295 g/mol. The predicted molar refractivity (Wildman–Crippen MR) is 76.9 cm³/mol. The lowest BCUT2D eigenvalue weighted by Gasteiger charge is -2.25. The average molecular weight is 295 g/mol. The molecule has 0 heterocycles. The predicted octanol–water partition coefficient (Wildman–Crippen LogP) is 2.01. The number of carboxylic acid groups (broad SMARTS) is 1. The van der Waals surface area contributed by atoms with Gasteiger partial charge in [0, 0.05) is 0 Å². The number of aliphatic hydroxyl groups excluding tert-OH is 1. The van der Waals surface area contributed by atoms with Gasteiger partial charge in [-0.3, -0.25) is 0 Å². The van der Waals surface area contributed by atoms with Crippen molar-refractivity contribution in [3.63, 3.8) is 0 Å². The molecule has 6 heteroatoms. The summed E-state index contributed by atoms with van der Waals surface area (Å²) in [6, 6.07) is 5.77. The summed E-state index contributed by atoms with van der Waals surface area (Å²) in [6.45, 7) is 6.97. The summed E-state index contributed by atoms with van der Waals surface area (Å²) in [5.74, 6) is -1.42. The van der Waals surface area contributed by atoms with Crippen LogP contribution in [0.3, 0.4) is 0 Å². The van der Waals surface area contributed by atoms with Crippen molar-refractivity contribution in [3.05, 3.63) is 35.4 Å². The van der Waals surface area contributed by atoms with E-state index in [0.29, 0.717) is 5.56 Å². The van der Waals surface area contributed by atoms with Gasteiger partial charge in [-0.2, -0.15) is 0 Å². The second-order valence-electron chi connectivity index (χ2n) is 5.82. The normalized spacial score (nSPS) is 14.1. The minimum Gasteiger partial charge on any atom is -0.479 e. The molecule has 0 radical (unpaired) electrons. The molecule has 0 spiro atoms. The van der Waals surface area contributed by atoms with Gasteiger partial charge in [-0.05, 0) is 33.3 Å². The lowest BCUT2D eigenvalue weighted by molar-refractivity contribution is -0.148. The van der Waals surface area contributed by atoms with Gasteiger partial charge in [-0.1, -0.05) is 29.8 Å². The lowest BCUT2D eigenvalue weighted by atomic mass is 10.0. The Labute approximate surface area is 123 Å². The Morgan fingerprint density at radius 1 is 1.19 bits per heavy atom. The molecule has 0 fully saturated rings. The Kier molecular flexibility index (Phi) is 5.32. The van der Waals surface area contributed by atoms with Gasteiger partial charge < -0.3 is 20.3 Å². The zero-order valence-corrected chi connectivity index (χ0v) is 12.6. The molecule has 1 aromatic rings. The van der Waals surface area contributed by atoms with Crippen LogP contribution < -0.4 is 5.32 Å². The molecule has 0 bridgehead atoms. The fraction of sp³-hybridized carbons (Fsp3) is 0.467. The molecule has 2 atom stereocenters. The minimum absolute atomic E-state index is 0.487. The van der Waals surface area contributed by atoms with Gasteiger partial charge in [0.05, 0.1) is 6.04 Å². The van der Waals surface area contributed by atoms with Crippen LogP contribution in [0, 0.1) is 6.92 Å². The zero-order valence-electron chi connectivity index (χ0n) is 12.6. The maximum absolute atomic E-state index is 11.8. The van der Waals surface area contributed by atoms with E-state index in [-0.39, 0.29) is 0 Å². The number of carboxylic acids is 1. The van der Waals surface area contributed by atoms with E-state index in [4.69, 9.17) is 9.84 Å². The van der Waals surface area contributed by atoms with Crippen LogP contribution in [0.5, 0.6) is 0 Å². The first-order chi connectivity index (χ1) is 9.60. The first kappa shape index (κ1) is 17.0. The molecule has 0 saturated carbocycles. The highest BCUT2D eigenvalue weighted by atomic mass is 16.6. The number of aliphatic hydroxyl groups is 1. The van der Waals surface area contributed by atoms with E-state index in [1.54, 1.807) is 45.0 Å². The average Bonchev–Trinajstić information content (AvgIpc) is 2.34. The number of rotatable bonds is 4. The zero-order chi connectivity index (χ0) is 16.2. The SMILES string of the molecule is Cc1ccc([C@@H](NC(=O)OC(C)(C)C)[C@@H](O)C(=O)O)cc1. The smallest absolute Gasteiger partial charge is 0.408 e. The number of ether oxygens (including phenoxy) is 1. The maximum Gasteiger partial charge on any atom is 0.408 e. The van der Waals surface area contributed by atoms with E-state index in [9.17, 15) is 14.7 Å². The highest BCUT2D eigenvalue weighted by molar-refractivity contribution is 5.75. The molecule has 116 valence electrons. The van der Waals surface area contributed by atoms with Crippen LogP contribution in [-0.2, 0) is 9.53 Å². The van der Waals surface area contributed by atoms with Gasteiger partial charge in [0.1, 0.15) is 5.60 Å². The minimum atomic E-state index is -1.76. The number of hydrogen-bond donors (Lipinski definition) is 3. The van der Waals surface area contributed by atoms with Crippen LogP contribution in [-0.4, -0.2) is 34.0 Å². The van der Waals surface area contributed by atoms with E-state index in [0.717, 1.165) is 5.56 Å². The van der Waals surface area contributed by atoms with Gasteiger partial charge in [0.2, 0.25) is 0 Å². The third kappa shape index (κ3) is 5.43. The number of nitrogens with one attached hydrogen (secondary N) is 1. The summed E-state index contributed by atoms with van der Waals surface area (Å²) in [4.78, 5) is 22.8. The number of benzene rings is 1. The van der Waals surface area contributed by atoms with Crippen molar-refractivity contribution in [2.45, 2.75) is 45.4 Å². The van der Waals surface area contributed by atoms with Gasteiger partial charge in [-0.15, -0.1) is 0 Å². The van der Waals surface area contributed by atoms with E-state index >= 15 is 0 Å². The Balaban J connectivity index is 2.95. The third-order valence-corrected chi connectivity index (χ3v) is 2.68. The van der Waals surface area contributed by atoms with E-state index in [2.05, 4.69) is 5.32 Å². The first-order valence-electron chi connectivity index (χ1n) is 6.57. The van der Waals surface area contributed by atoms with Crippen LogP contribution in [0.15, 0.2) is 24.3 Å². The maximum atomic E-state index is 11.8. The van der Waals surface area contributed by atoms with E-state index < -0.39 is 29.8 Å². The summed E-state index contributed by atoms with van der Waals surface area (Å²) < 4.78 is 5.09. The van der Waals surface area contributed by atoms with Crippen molar-refractivity contribution in [1.82, 2.24) is 5.32 Å². The summed E-state index contributed by atoms with van der Waals surface area (Å²) in [5, 5.41) is 21.2. The van der Waals surface area contributed by atoms with Crippen molar-refractivity contribution in [2.24, 2.45) is 0 Å². The molecule has 6 nitrogen and oxygen atoms in total. The molecule has 1 aromatic carbocycles. The van der Waals surface area contributed by atoms with Gasteiger partial charge >= 0.3 is 12.1 Å². The second kappa shape index (κ2) is 6.58. The molecule has 1 amide bonds. The van der Waals surface area contributed by atoms with Crippen LogP contribution in [0.25, 0.3) is 0 Å². The topological polar surface area (TPSA) is 95.9 Å². The molecule has 0 aromatic heterocycles. The Hall–Kier alpha value is -2.08. The van der Waals surface area contributed by atoms with Crippen LogP contribution in [0.4, 0.5) is 4.79 Å². The van der Waals surface area contributed by atoms with Crippen LogP contribution >= 0.6 is 0 Å². The molecule has 0 saturated heterocycles. The van der Waals surface area contributed by atoms with Crippen molar-refractivity contribution in [3.8, 4) is 0 Å². The summed E-state index contributed by atoms with van der Waals surface area (Å²) in [6.07, 6.45) is -2.55. The third-order valence-electron chi connectivity index (χ3n) is 2.68. The first-order valence-corrected chi connectivity index (χ1v) is 6.57. The van der Waals surface area contributed by atoms with Crippen molar-refractivity contribution in [2.75, 3.05) is 0 Å². The second-order valence-corrected chi connectivity index (χ2v) is 5.82. The lowest BCUT2D eigenvalue weighted by Crippen LogP contribution is -2.42. The molecule has 1 rings (SSSR count). The molecule has 0 aliphatic carbocycles. The van der Waals surface area contributed by atoms with Crippen LogP contribution in [0.1, 0.15) is 37.9 Å². The molecule has 0 aliphatic rings. The highest BCUT2D eigenvalue weighted by Crippen LogP contribution is 2.19. The molecule has 21 heavy (non-hydrogen) atoms. The molecule has 3 N–H and O–H groups in total. The Morgan fingerprint density at radius 3 is 2.14 bits per heavy atom. The van der Waals surface area contributed by atoms with Crippen molar-refractivity contribution < 1.29 is 24.5 Å². The summed E-state index contributed by atoms with van der Waals surface area (Å²) >= 11 is 0. The number of carbonyl (C=O) groups is 2. The fourth-order valence-corrected chi connectivity index (χ4v) is 1.70. The number of alkyl carbamates (subject to hydrolysis) is 1. The van der Waals surface area contributed by atoms with E-state index in [1.807, 2.05) is 6.92 Å². The quantitative estimate of drug-likeness (QED) is 0.789. The van der Waals surface area contributed by atoms with Crippen LogP contribution in [0.2, 0.25) is 0 Å². The number of carbonyl (C=O) groups excluding carboxylic acids is 1. The van der Waals surface area contributed by atoms with E-state index in [1.165, 1.54) is 0 Å². The van der Waals surface area contributed by atoms with Gasteiger partial charge in [-0.25, -0.2) is 9.59 Å². The summed E-state index contributed by atoms with van der Waals surface area (Å²) in [5.41, 5.74) is 0.761. The number of aliphatic carboxylic acids is 1. The number of hydrogen-bond acceptors (Lipinski definition) is 4. The molecule has 0 aliphatic heterocycles. The number of amides is 1. The molecular weight excluding hydrogens is 274 g/mol. The largest absolute Gasteiger partial charge is 0.479 e. The highest BCUT2D eigenvalue weighted by Gasteiger charge is 2.30. The number of aryl methyl sites for hydroxylation is 1. The van der Waals surface area contributed by atoms with Gasteiger partial charge in [0.25, 0.3) is 0 Å². The van der Waals surface area contributed by atoms with Gasteiger partial charge in [0.15, 0.2) is 6.10 Å². The fourth-order valence-electron chi connectivity index (χ4n) is 1.70. The Bertz CT molecular complexity index is 504. The Morgan fingerprint density at radius 2 is 1.71 bits per heavy atom. The summed E-state index contributed by atoms with van der Waals surface area (Å²) in [7, 11) is 0. The standard InChI is InChI=1S/C15H21NO5/c1-9-5-7-10(8-6-9)11(12(17)13(18)19)16-14(20)21-15(2,3)4/h5-8,11-12,17H,1-4H3,(H,16,20)(H,18,19)/t11-,12-/m1/s1.